The number of carbonyl (C=O) groups excluding carboxylic acids is 1. The van der Waals surface area contributed by atoms with Crippen LogP contribution >= 0.6 is 0 Å². The number of hydrogen-bond acceptors (Lipinski definition) is 4. The number of carboxylic acids is 1. The molecular weight excluding hydrogens is 298 g/mol. The van der Waals surface area contributed by atoms with E-state index in [-0.39, 0.29) is 16.9 Å². The van der Waals surface area contributed by atoms with E-state index >= 15 is 0 Å². The van der Waals surface area contributed by atoms with Crippen molar-refractivity contribution < 1.29 is 23.8 Å². The molecule has 6 nitrogen and oxygen atoms in total. The van der Waals surface area contributed by atoms with Gasteiger partial charge in [0.2, 0.25) is 5.76 Å². The van der Waals surface area contributed by atoms with Crippen LogP contribution in [0.1, 0.15) is 39.5 Å². The number of carbonyl (C=O) groups is 2. The van der Waals surface area contributed by atoms with Crippen LogP contribution in [0.3, 0.4) is 0 Å². The van der Waals surface area contributed by atoms with Crippen LogP contribution in [0.5, 0.6) is 5.75 Å². The molecule has 1 aromatic heterocycles. The fourth-order valence-corrected chi connectivity index (χ4v) is 2.69. The Morgan fingerprint density at radius 2 is 1.91 bits per heavy atom. The van der Waals surface area contributed by atoms with Crippen molar-refractivity contribution >= 4 is 11.9 Å². The van der Waals surface area contributed by atoms with E-state index < -0.39 is 11.9 Å². The van der Waals surface area contributed by atoms with Gasteiger partial charge in [0, 0.05) is 17.5 Å². The van der Waals surface area contributed by atoms with Gasteiger partial charge in [0.05, 0.1) is 7.11 Å². The van der Waals surface area contributed by atoms with Crippen molar-refractivity contribution in [2.45, 2.75) is 18.3 Å². The van der Waals surface area contributed by atoms with E-state index in [1.807, 2.05) is 24.3 Å². The van der Waals surface area contributed by atoms with Crippen molar-refractivity contribution in [2.24, 2.45) is 0 Å². The van der Waals surface area contributed by atoms with E-state index in [4.69, 9.17) is 14.3 Å². The molecule has 1 amide bonds. The minimum Gasteiger partial charge on any atom is -0.496 e. The van der Waals surface area contributed by atoms with Crippen LogP contribution < -0.4 is 10.1 Å². The zero-order valence-corrected chi connectivity index (χ0v) is 12.7. The van der Waals surface area contributed by atoms with Crippen molar-refractivity contribution in [3.63, 3.8) is 0 Å². The molecule has 3 rings (SSSR count). The number of aromatic carboxylic acids is 1. The molecule has 0 aliphatic heterocycles. The highest BCUT2D eigenvalue weighted by Crippen LogP contribution is 2.50. The summed E-state index contributed by atoms with van der Waals surface area (Å²) in [5, 5.41) is 11.6. The summed E-state index contributed by atoms with van der Waals surface area (Å²) in [5.41, 5.74) is 0.957. The minimum atomic E-state index is -1.20. The molecule has 0 unspecified atom stereocenters. The van der Waals surface area contributed by atoms with E-state index in [2.05, 4.69) is 5.32 Å². The van der Waals surface area contributed by atoms with Gasteiger partial charge in [0.15, 0.2) is 5.76 Å². The number of ether oxygens (including phenoxy) is 1. The first-order chi connectivity index (χ1) is 11.1. The van der Waals surface area contributed by atoms with Gasteiger partial charge in [-0.05, 0) is 31.0 Å². The Morgan fingerprint density at radius 1 is 1.22 bits per heavy atom. The number of methoxy groups -OCH3 is 1. The Kier molecular flexibility index (Phi) is 3.82. The molecule has 120 valence electrons. The van der Waals surface area contributed by atoms with Crippen LogP contribution in [0.2, 0.25) is 0 Å². The predicted octanol–water partition coefficient (Wildman–Crippen LogP) is 2.45. The van der Waals surface area contributed by atoms with Crippen molar-refractivity contribution in [3.8, 4) is 5.75 Å². The first-order valence-corrected chi connectivity index (χ1v) is 7.30. The molecule has 0 spiro atoms. The van der Waals surface area contributed by atoms with E-state index in [0.29, 0.717) is 6.54 Å². The second-order valence-electron chi connectivity index (χ2n) is 5.63. The minimum absolute atomic E-state index is 0.00164. The third kappa shape index (κ3) is 2.92. The zero-order chi connectivity index (χ0) is 16.4. The Morgan fingerprint density at radius 3 is 2.52 bits per heavy atom. The molecule has 0 saturated heterocycles. The third-order valence-electron chi connectivity index (χ3n) is 4.16. The maximum Gasteiger partial charge on any atom is 0.371 e. The van der Waals surface area contributed by atoms with Gasteiger partial charge in [-0.3, -0.25) is 4.79 Å². The topological polar surface area (TPSA) is 88.8 Å². The van der Waals surface area contributed by atoms with Gasteiger partial charge in [0.25, 0.3) is 5.91 Å². The first kappa shape index (κ1) is 15.1. The highest BCUT2D eigenvalue weighted by Gasteiger charge is 2.46. The molecule has 0 atom stereocenters. The second kappa shape index (κ2) is 5.79. The lowest BCUT2D eigenvalue weighted by molar-refractivity contribution is 0.0659. The van der Waals surface area contributed by atoms with E-state index in [0.717, 1.165) is 24.2 Å². The molecule has 6 heteroatoms. The summed E-state index contributed by atoms with van der Waals surface area (Å²) in [5.74, 6) is -1.06. The van der Waals surface area contributed by atoms with Gasteiger partial charge in [0.1, 0.15) is 5.75 Å². The summed E-state index contributed by atoms with van der Waals surface area (Å²) in [4.78, 5) is 22.9. The van der Waals surface area contributed by atoms with Gasteiger partial charge in [-0.25, -0.2) is 4.79 Å². The third-order valence-corrected chi connectivity index (χ3v) is 4.16. The average molecular weight is 315 g/mol. The van der Waals surface area contributed by atoms with Gasteiger partial charge < -0.3 is 19.6 Å². The number of benzene rings is 1. The smallest absolute Gasteiger partial charge is 0.371 e. The number of amides is 1. The van der Waals surface area contributed by atoms with Crippen molar-refractivity contribution in [1.29, 1.82) is 0 Å². The molecule has 1 aliphatic rings. The van der Waals surface area contributed by atoms with Crippen LogP contribution in [0.15, 0.2) is 40.8 Å². The van der Waals surface area contributed by atoms with E-state index in [1.54, 1.807) is 7.11 Å². The second-order valence-corrected chi connectivity index (χ2v) is 5.63. The van der Waals surface area contributed by atoms with Crippen molar-refractivity contribution in [2.75, 3.05) is 13.7 Å². The lowest BCUT2D eigenvalue weighted by atomic mass is 9.95. The average Bonchev–Trinajstić information content (AvgIpc) is 3.18. The maximum atomic E-state index is 12.1. The molecule has 1 saturated carbocycles. The molecule has 1 heterocycles. The predicted molar refractivity (Wildman–Crippen MR) is 81.9 cm³/mol. The monoisotopic (exact) mass is 315 g/mol. The summed E-state index contributed by atoms with van der Waals surface area (Å²) in [7, 11) is 1.63. The van der Waals surface area contributed by atoms with Gasteiger partial charge in [-0.2, -0.15) is 0 Å². The van der Waals surface area contributed by atoms with Gasteiger partial charge in [-0.15, -0.1) is 0 Å². The first-order valence-electron chi connectivity index (χ1n) is 7.30. The SMILES string of the molecule is COc1ccccc1C1(CNC(=O)c2ccc(C(=O)O)o2)CC1. The highest BCUT2D eigenvalue weighted by atomic mass is 16.5. The summed E-state index contributed by atoms with van der Waals surface area (Å²) in [6, 6.07) is 10.4. The highest BCUT2D eigenvalue weighted by molar-refractivity contribution is 5.93. The molecule has 2 aromatic rings. The fraction of sp³-hybridized carbons (Fsp3) is 0.294. The maximum absolute atomic E-state index is 12.1. The number of nitrogens with one attached hydrogen (secondary N) is 1. The zero-order valence-electron chi connectivity index (χ0n) is 12.7. The molecule has 1 fully saturated rings. The molecular formula is C17H17NO5. The molecule has 1 aromatic carbocycles. The van der Waals surface area contributed by atoms with Crippen molar-refractivity contribution in [1.82, 2.24) is 5.32 Å². The standard InChI is InChI=1S/C17H17NO5/c1-22-12-5-3-2-4-11(12)17(8-9-17)10-18-15(19)13-6-7-14(23-13)16(20)21/h2-7H,8-10H2,1H3,(H,18,19)(H,20,21). The number of rotatable bonds is 6. The largest absolute Gasteiger partial charge is 0.496 e. The van der Waals surface area contributed by atoms with Gasteiger partial charge >= 0.3 is 5.97 Å². The summed E-state index contributed by atoms with van der Waals surface area (Å²) >= 11 is 0. The Bertz CT molecular complexity index is 745. The number of furan rings is 1. The lowest BCUT2D eigenvalue weighted by Gasteiger charge is -2.19. The number of para-hydroxylation sites is 1. The summed E-state index contributed by atoms with van der Waals surface area (Å²) < 4.78 is 10.4. The Labute approximate surface area is 133 Å². The fourth-order valence-electron chi connectivity index (χ4n) is 2.69. The number of carboxylic acid groups (broad SMARTS) is 1. The number of hydrogen-bond donors (Lipinski definition) is 2. The van der Waals surface area contributed by atoms with Crippen LogP contribution in [-0.4, -0.2) is 30.6 Å². The quantitative estimate of drug-likeness (QED) is 0.854. The lowest BCUT2D eigenvalue weighted by Crippen LogP contribution is -2.32. The summed E-state index contributed by atoms with van der Waals surface area (Å²) in [6.45, 7) is 0.454. The molecule has 23 heavy (non-hydrogen) atoms. The molecule has 2 N–H and O–H groups in total. The molecule has 0 radical (unpaired) electrons. The van der Waals surface area contributed by atoms with Gasteiger partial charge in [-0.1, -0.05) is 18.2 Å². The normalized spacial score (nSPS) is 15.0. The Hall–Kier alpha value is -2.76. The van der Waals surface area contributed by atoms with E-state index in [9.17, 15) is 9.59 Å². The summed E-state index contributed by atoms with van der Waals surface area (Å²) in [6.07, 6.45) is 1.93. The van der Waals surface area contributed by atoms with E-state index in [1.165, 1.54) is 12.1 Å². The molecule has 1 aliphatic carbocycles. The Balaban J connectivity index is 1.70. The van der Waals surface area contributed by atoms with Crippen LogP contribution in [0, 0.1) is 0 Å². The van der Waals surface area contributed by atoms with Crippen LogP contribution in [-0.2, 0) is 5.41 Å². The van der Waals surface area contributed by atoms with Crippen LogP contribution in [0.4, 0.5) is 0 Å². The molecule has 0 bridgehead atoms. The van der Waals surface area contributed by atoms with Crippen LogP contribution in [0.25, 0.3) is 0 Å². The van der Waals surface area contributed by atoms with Crippen molar-refractivity contribution in [3.05, 3.63) is 53.5 Å².